The van der Waals surface area contributed by atoms with E-state index in [0.29, 0.717) is 29.7 Å². The standard InChI is InChI=1S/C12H22N2OS/c1-8(2)12-13-7-11(15)14(12)9-5-4-6-10(9)16-3/h8-10,12-13H,4-7H2,1-3H3. The first kappa shape index (κ1) is 12.2. The molecule has 3 unspecified atom stereocenters. The average molecular weight is 242 g/mol. The molecule has 2 rings (SSSR count). The molecule has 4 heteroatoms. The number of rotatable bonds is 3. The maximum atomic E-state index is 12.0. The van der Waals surface area contributed by atoms with Crippen molar-refractivity contribution >= 4 is 17.7 Å². The van der Waals surface area contributed by atoms with Crippen LogP contribution in [0.5, 0.6) is 0 Å². The van der Waals surface area contributed by atoms with Gasteiger partial charge in [-0.25, -0.2) is 0 Å². The first-order valence-corrected chi connectivity index (χ1v) is 7.51. The molecule has 3 nitrogen and oxygen atoms in total. The first-order valence-electron chi connectivity index (χ1n) is 6.22. The van der Waals surface area contributed by atoms with Crippen LogP contribution in [0.4, 0.5) is 0 Å². The monoisotopic (exact) mass is 242 g/mol. The highest BCUT2D eigenvalue weighted by molar-refractivity contribution is 7.99. The molecule has 1 aliphatic carbocycles. The van der Waals surface area contributed by atoms with Crippen LogP contribution in [0.25, 0.3) is 0 Å². The SMILES string of the molecule is CSC1CCCC1N1C(=O)CNC1C(C)C. The van der Waals surface area contributed by atoms with E-state index in [9.17, 15) is 4.79 Å². The van der Waals surface area contributed by atoms with Crippen LogP contribution in [-0.2, 0) is 4.79 Å². The third-order valence-electron chi connectivity index (χ3n) is 3.76. The smallest absolute Gasteiger partial charge is 0.238 e. The molecule has 1 N–H and O–H groups in total. The molecule has 1 aliphatic heterocycles. The second-order valence-corrected chi connectivity index (χ2v) is 6.22. The number of nitrogens with one attached hydrogen (secondary N) is 1. The van der Waals surface area contributed by atoms with Crippen molar-refractivity contribution in [2.75, 3.05) is 12.8 Å². The molecule has 1 amide bonds. The summed E-state index contributed by atoms with van der Waals surface area (Å²) in [6, 6.07) is 0.463. The zero-order valence-corrected chi connectivity index (χ0v) is 11.2. The van der Waals surface area contributed by atoms with Gasteiger partial charge in [0.05, 0.1) is 12.7 Å². The number of nitrogens with zero attached hydrogens (tertiary/aromatic N) is 1. The second-order valence-electron chi connectivity index (χ2n) is 5.14. The van der Waals surface area contributed by atoms with Crippen LogP contribution in [0, 0.1) is 5.92 Å². The average Bonchev–Trinajstić information content (AvgIpc) is 2.82. The molecular weight excluding hydrogens is 220 g/mol. The summed E-state index contributed by atoms with van der Waals surface area (Å²) in [5, 5.41) is 3.99. The van der Waals surface area contributed by atoms with Crippen molar-refractivity contribution in [2.24, 2.45) is 5.92 Å². The molecule has 0 spiro atoms. The number of carbonyl (C=O) groups excluding carboxylic acids is 1. The van der Waals surface area contributed by atoms with Gasteiger partial charge in [0.2, 0.25) is 5.91 Å². The molecule has 1 saturated heterocycles. The largest absolute Gasteiger partial charge is 0.322 e. The quantitative estimate of drug-likeness (QED) is 0.817. The van der Waals surface area contributed by atoms with Crippen molar-refractivity contribution in [1.82, 2.24) is 10.2 Å². The van der Waals surface area contributed by atoms with E-state index in [1.165, 1.54) is 19.3 Å². The summed E-state index contributed by atoms with van der Waals surface area (Å²) >= 11 is 1.92. The second kappa shape index (κ2) is 4.96. The summed E-state index contributed by atoms with van der Waals surface area (Å²) in [5.41, 5.74) is 0. The van der Waals surface area contributed by atoms with E-state index in [4.69, 9.17) is 0 Å². The van der Waals surface area contributed by atoms with Crippen LogP contribution in [0.1, 0.15) is 33.1 Å². The van der Waals surface area contributed by atoms with Gasteiger partial charge in [0.1, 0.15) is 0 Å². The van der Waals surface area contributed by atoms with Crippen LogP contribution in [0.2, 0.25) is 0 Å². The van der Waals surface area contributed by atoms with Gasteiger partial charge in [-0.1, -0.05) is 20.3 Å². The molecular formula is C12H22N2OS. The summed E-state index contributed by atoms with van der Waals surface area (Å²) in [7, 11) is 0. The van der Waals surface area contributed by atoms with Gasteiger partial charge in [-0.3, -0.25) is 10.1 Å². The Labute approximate surface area is 102 Å². The zero-order valence-electron chi connectivity index (χ0n) is 10.4. The fraction of sp³-hybridized carbons (Fsp3) is 0.917. The lowest BCUT2D eigenvalue weighted by atomic mass is 10.1. The van der Waals surface area contributed by atoms with Crippen molar-refractivity contribution in [1.29, 1.82) is 0 Å². The Morgan fingerprint density at radius 2 is 2.19 bits per heavy atom. The minimum Gasteiger partial charge on any atom is -0.322 e. The Morgan fingerprint density at radius 1 is 1.44 bits per heavy atom. The molecule has 1 heterocycles. The Morgan fingerprint density at radius 3 is 2.81 bits per heavy atom. The molecule has 0 aromatic heterocycles. The van der Waals surface area contributed by atoms with Gasteiger partial charge in [-0.15, -0.1) is 0 Å². The molecule has 92 valence electrons. The predicted molar refractivity (Wildman–Crippen MR) is 68.4 cm³/mol. The molecule has 3 atom stereocenters. The van der Waals surface area contributed by atoms with Gasteiger partial charge in [0, 0.05) is 11.3 Å². The highest BCUT2D eigenvalue weighted by Gasteiger charge is 2.42. The van der Waals surface area contributed by atoms with Crippen molar-refractivity contribution < 1.29 is 4.79 Å². The highest BCUT2D eigenvalue weighted by Crippen LogP contribution is 2.34. The van der Waals surface area contributed by atoms with Gasteiger partial charge in [-0.2, -0.15) is 11.8 Å². The van der Waals surface area contributed by atoms with Crippen LogP contribution in [-0.4, -0.2) is 41.1 Å². The van der Waals surface area contributed by atoms with Crippen LogP contribution in [0.15, 0.2) is 0 Å². The van der Waals surface area contributed by atoms with E-state index in [2.05, 4.69) is 30.3 Å². The molecule has 0 aromatic rings. The van der Waals surface area contributed by atoms with E-state index < -0.39 is 0 Å². The fourth-order valence-electron chi connectivity index (χ4n) is 2.98. The molecule has 2 aliphatic rings. The van der Waals surface area contributed by atoms with E-state index in [0.717, 1.165) is 0 Å². The van der Waals surface area contributed by atoms with E-state index in [-0.39, 0.29) is 6.17 Å². The Kier molecular flexibility index (Phi) is 3.80. The van der Waals surface area contributed by atoms with Crippen molar-refractivity contribution in [2.45, 2.75) is 50.6 Å². The molecule has 0 bridgehead atoms. The van der Waals surface area contributed by atoms with Crippen LogP contribution in [0.3, 0.4) is 0 Å². The molecule has 0 radical (unpaired) electrons. The number of carbonyl (C=O) groups is 1. The third-order valence-corrected chi connectivity index (χ3v) is 4.91. The Hall–Kier alpha value is -0.220. The maximum absolute atomic E-state index is 12.0. The zero-order chi connectivity index (χ0) is 11.7. The van der Waals surface area contributed by atoms with E-state index in [1.807, 2.05) is 11.8 Å². The first-order chi connectivity index (χ1) is 7.65. The van der Waals surface area contributed by atoms with Gasteiger partial charge in [0.25, 0.3) is 0 Å². The number of amides is 1. The van der Waals surface area contributed by atoms with Crippen molar-refractivity contribution in [3.05, 3.63) is 0 Å². The van der Waals surface area contributed by atoms with Crippen molar-refractivity contribution in [3.8, 4) is 0 Å². The van der Waals surface area contributed by atoms with Gasteiger partial charge < -0.3 is 4.90 Å². The predicted octanol–water partition coefficient (Wildman–Crippen LogP) is 1.68. The molecule has 2 fully saturated rings. The van der Waals surface area contributed by atoms with Crippen molar-refractivity contribution in [3.63, 3.8) is 0 Å². The molecule has 16 heavy (non-hydrogen) atoms. The van der Waals surface area contributed by atoms with Gasteiger partial charge >= 0.3 is 0 Å². The summed E-state index contributed by atoms with van der Waals surface area (Å²) < 4.78 is 0. The van der Waals surface area contributed by atoms with Gasteiger partial charge in [0.15, 0.2) is 0 Å². The van der Waals surface area contributed by atoms with Crippen LogP contribution >= 0.6 is 11.8 Å². The Bertz CT molecular complexity index is 270. The van der Waals surface area contributed by atoms with E-state index >= 15 is 0 Å². The number of thioether (sulfide) groups is 1. The minimum absolute atomic E-state index is 0.255. The summed E-state index contributed by atoms with van der Waals surface area (Å²) in [4.78, 5) is 14.1. The normalized spacial score (nSPS) is 35.4. The molecule has 0 aromatic carbocycles. The number of hydrogen-bond donors (Lipinski definition) is 1. The lowest BCUT2D eigenvalue weighted by Gasteiger charge is -2.35. The number of hydrogen-bond acceptors (Lipinski definition) is 3. The van der Waals surface area contributed by atoms with E-state index in [1.54, 1.807) is 0 Å². The lowest BCUT2D eigenvalue weighted by Crippen LogP contribution is -2.49. The fourth-order valence-corrected chi connectivity index (χ4v) is 3.97. The summed E-state index contributed by atoms with van der Waals surface area (Å²) in [6.07, 6.45) is 6.14. The van der Waals surface area contributed by atoms with Crippen LogP contribution < -0.4 is 5.32 Å². The topological polar surface area (TPSA) is 32.3 Å². The van der Waals surface area contributed by atoms with Gasteiger partial charge in [-0.05, 0) is 25.0 Å². The Balaban J connectivity index is 2.13. The minimum atomic E-state index is 0.255. The summed E-state index contributed by atoms with van der Waals surface area (Å²) in [5.74, 6) is 0.791. The highest BCUT2D eigenvalue weighted by atomic mass is 32.2. The maximum Gasteiger partial charge on any atom is 0.238 e. The lowest BCUT2D eigenvalue weighted by molar-refractivity contribution is -0.130. The third kappa shape index (κ3) is 2.09. The summed E-state index contributed by atoms with van der Waals surface area (Å²) in [6.45, 7) is 4.90. The molecule has 1 saturated carbocycles.